The Balaban J connectivity index is 2.36. The molecule has 4 nitrogen and oxygen atoms in total. The summed E-state index contributed by atoms with van der Waals surface area (Å²) in [6, 6.07) is 0.507. The van der Waals surface area contributed by atoms with Crippen LogP contribution in [0.1, 0.15) is 32.6 Å². The third-order valence-electron chi connectivity index (χ3n) is 2.43. The van der Waals surface area contributed by atoms with Crippen LogP contribution in [0, 0.1) is 0 Å². The summed E-state index contributed by atoms with van der Waals surface area (Å²) < 4.78 is 5.54. The smallest absolute Gasteiger partial charge is 0.185 e. The fourth-order valence-electron chi connectivity index (χ4n) is 1.38. The highest BCUT2D eigenvalue weighted by molar-refractivity contribution is 7.15. The Morgan fingerprint density at radius 2 is 2.11 bits per heavy atom. The Morgan fingerprint density at radius 1 is 1.39 bits per heavy atom. The van der Waals surface area contributed by atoms with E-state index in [0.29, 0.717) is 12.1 Å². The number of likely N-dealkylation sites (N-methyl/N-ethyl adjacent to an activating group) is 1. The van der Waals surface area contributed by atoms with Crippen molar-refractivity contribution in [3.63, 3.8) is 0 Å². The molecular formula is C13H25N3OS. The molecule has 0 aliphatic rings. The van der Waals surface area contributed by atoms with Crippen LogP contribution in [0.4, 0.5) is 5.13 Å². The minimum absolute atomic E-state index is 0.292. The molecule has 5 heteroatoms. The Bertz CT molecular complexity index is 339. The van der Waals surface area contributed by atoms with Gasteiger partial charge in [0.1, 0.15) is 0 Å². The summed E-state index contributed by atoms with van der Waals surface area (Å²) in [6.45, 7) is 10.9. The van der Waals surface area contributed by atoms with E-state index in [1.807, 2.05) is 6.20 Å². The molecule has 0 aliphatic carbocycles. The molecule has 0 unspecified atom stereocenters. The van der Waals surface area contributed by atoms with Gasteiger partial charge in [0, 0.05) is 37.3 Å². The first-order valence-corrected chi connectivity index (χ1v) is 7.31. The molecule has 1 heterocycles. The highest BCUT2D eigenvalue weighted by atomic mass is 32.1. The predicted molar refractivity (Wildman–Crippen MR) is 78.4 cm³/mol. The molecule has 1 aromatic rings. The van der Waals surface area contributed by atoms with Crippen LogP contribution >= 0.6 is 11.3 Å². The molecule has 0 aliphatic heterocycles. The quantitative estimate of drug-likeness (QED) is 0.788. The average Bonchev–Trinajstić information content (AvgIpc) is 2.74. The van der Waals surface area contributed by atoms with Crippen molar-refractivity contribution in [3.05, 3.63) is 11.1 Å². The molecule has 1 N–H and O–H groups in total. The molecular weight excluding hydrogens is 246 g/mol. The van der Waals surface area contributed by atoms with E-state index in [1.54, 1.807) is 11.3 Å². The van der Waals surface area contributed by atoms with Crippen molar-refractivity contribution in [3.8, 4) is 0 Å². The maximum atomic E-state index is 5.54. The third-order valence-corrected chi connectivity index (χ3v) is 3.54. The van der Waals surface area contributed by atoms with Crippen molar-refractivity contribution in [1.82, 2.24) is 10.3 Å². The number of hydrogen-bond acceptors (Lipinski definition) is 5. The van der Waals surface area contributed by atoms with E-state index in [9.17, 15) is 0 Å². The lowest BCUT2D eigenvalue weighted by Gasteiger charge is -2.16. The first kappa shape index (κ1) is 15.4. The molecule has 0 amide bonds. The Kier molecular flexibility index (Phi) is 6.60. The summed E-state index contributed by atoms with van der Waals surface area (Å²) in [4.78, 5) is 7.86. The molecule has 104 valence electrons. The molecule has 0 saturated carbocycles. The number of hydrogen-bond donors (Lipinski definition) is 1. The lowest BCUT2D eigenvalue weighted by molar-refractivity contribution is 0.0846. The Morgan fingerprint density at radius 3 is 2.72 bits per heavy atom. The lowest BCUT2D eigenvalue weighted by Crippen LogP contribution is -2.23. The van der Waals surface area contributed by atoms with Gasteiger partial charge in [0.15, 0.2) is 5.13 Å². The van der Waals surface area contributed by atoms with Crippen molar-refractivity contribution in [2.45, 2.75) is 46.4 Å². The minimum Gasteiger partial charge on any atom is -0.377 e. The fourth-order valence-corrected chi connectivity index (χ4v) is 2.23. The van der Waals surface area contributed by atoms with Crippen molar-refractivity contribution in [2.24, 2.45) is 0 Å². The zero-order valence-electron chi connectivity index (χ0n) is 12.1. The van der Waals surface area contributed by atoms with Crippen molar-refractivity contribution in [1.29, 1.82) is 0 Å². The first-order valence-electron chi connectivity index (χ1n) is 6.50. The molecule has 1 aromatic heterocycles. The maximum absolute atomic E-state index is 5.54. The molecule has 0 saturated heterocycles. The minimum atomic E-state index is 0.292. The van der Waals surface area contributed by atoms with Gasteiger partial charge >= 0.3 is 0 Å². The normalized spacial score (nSPS) is 11.5. The topological polar surface area (TPSA) is 37.4 Å². The number of ether oxygens (including phenoxy) is 1. The van der Waals surface area contributed by atoms with Crippen LogP contribution in [0.2, 0.25) is 0 Å². The molecule has 0 aromatic carbocycles. The summed E-state index contributed by atoms with van der Waals surface area (Å²) in [5, 5.41) is 4.46. The highest BCUT2D eigenvalue weighted by Gasteiger charge is 2.07. The summed E-state index contributed by atoms with van der Waals surface area (Å²) in [6.07, 6.45) is 2.25. The number of rotatable bonds is 8. The van der Waals surface area contributed by atoms with E-state index >= 15 is 0 Å². The van der Waals surface area contributed by atoms with Gasteiger partial charge in [-0.1, -0.05) is 13.8 Å². The molecule has 0 fully saturated rings. The SMILES string of the molecule is CC(C)NCc1cnc(N(C)CCOC(C)C)s1. The van der Waals surface area contributed by atoms with E-state index in [4.69, 9.17) is 4.74 Å². The highest BCUT2D eigenvalue weighted by Crippen LogP contribution is 2.21. The molecule has 0 atom stereocenters. The van der Waals surface area contributed by atoms with Crippen LogP contribution in [0.15, 0.2) is 6.20 Å². The summed E-state index contributed by atoms with van der Waals surface area (Å²) in [5.41, 5.74) is 0. The van der Waals surface area contributed by atoms with Crippen LogP contribution < -0.4 is 10.2 Å². The van der Waals surface area contributed by atoms with Gasteiger partial charge in [-0.3, -0.25) is 0 Å². The van der Waals surface area contributed by atoms with Crippen LogP contribution in [0.5, 0.6) is 0 Å². The van der Waals surface area contributed by atoms with Gasteiger partial charge in [-0.05, 0) is 13.8 Å². The second kappa shape index (κ2) is 7.71. The van der Waals surface area contributed by atoms with Gasteiger partial charge in [0.25, 0.3) is 0 Å². The standard InChI is InChI=1S/C13H25N3OS/c1-10(2)14-8-12-9-15-13(18-12)16(5)6-7-17-11(3)4/h9-11,14H,6-8H2,1-5H3. The second-order valence-electron chi connectivity index (χ2n) is 4.99. The molecule has 0 spiro atoms. The molecule has 0 bridgehead atoms. The van der Waals surface area contributed by atoms with E-state index in [1.165, 1.54) is 4.88 Å². The predicted octanol–water partition coefficient (Wildman–Crippen LogP) is 2.50. The van der Waals surface area contributed by atoms with Crippen LogP contribution in [0.25, 0.3) is 0 Å². The molecule has 18 heavy (non-hydrogen) atoms. The van der Waals surface area contributed by atoms with Crippen molar-refractivity contribution < 1.29 is 4.74 Å². The van der Waals surface area contributed by atoms with E-state index in [0.717, 1.165) is 24.8 Å². The van der Waals surface area contributed by atoms with Crippen molar-refractivity contribution >= 4 is 16.5 Å². The monoisotopic (exact) mass is 271 g/mol. The fraction of sp³-hybridized carbons (Fsp3) is 0.769. The number of nitrogens with zero attached hydrogens (tertiary/aromatic N) is 2. The maximum Gasteiger partial charge on any atom is 0.185 e. The zero-order valence-corrected chi connectivity index (χ0v) is 12.9. The van der Waals surface area contributed by atoms with Crippen LogP contribution in [0.3, 0.4) is 0 Å². The van der Waals surface area contributed by atoms with Gasteiger partial charge in [0.2, 0.25) is 0 Å². The van der Waals surface area contributed by atoms with Gasteiger partial charge in [-0.25, -0.2) is 4.98 Å². The van der Waals surface area contributed by atoms with Gasteiger partial charge < -0.3 is 15.0 Å². The summed E-state index contributed by atoms with van der Waals surface area (Å²) >= 11 is 1.74. The lowest BCUT2D eigenvalue weighted by atomic mass is 10.4. The Labute approximate surface area is 114 Å². The number of anilines is 1. The van der Waals surface area contributed by atoms with E-state index < -0.39 is 0 Å². The second-order valence-corrected chi connectivity index (χ2v) is 6.08. The molecule has 0 radical (unpaired) electrons. The third kappa shape index (κ3) is 5.80. The van der Waals surface area contributed by atoms with E-state index in [-0.39, 0.29) is 0 Å². The van der Waals surface area contributed by atoms with Gasteiger partial charge in [-0.2, -0.15) is 0 Å². The van der Waals surface area contributed by atoms with Crippen LogP contribution in [-0.2, 0) is 11.3 Å². The number of thiazole rings is 1. The van der Waals surface area contributed by atoms with Gasteiger partial charge in [0.05, 0.1) is 12.7 Å². The largest absolute Gasteiger partial charge is 0.377 e. The summed E-state index contributed by atoms with van der Waals surface area (Å²) in [5.74, 6) is 0. The first-order chi connectivity index (χ1) is 8.49. The number of aromatic nitrogens is 1. The van der Waals surface area contributed by atoms with Gasteiger partial charge in [-0.15, -0.1) is 11.3 Å². The molecule has 1 rings (SSSR count). The summed E-state index contributed by atoms with van der Waals surface area (Å²) in [7, 11) is 2.06. The zero-order chi connectivity index (χ0) is 13.5. The van der Waals surface area contributed by atoms with E-state index in [2.05, 4.69) is 49.9 Å². The Hall–Kier alpha value is -0.650. The number of nitrogens with one attached hydrogen (secondary N) is 1. The average molecular weight is 271 g/mol. The van der Waals surface area contributed by atoms with Crippen LogP contribution in [-0.4, -0.2) is 37.3 Å². The van der Waals surface area contributed by atoms with Crippen molar-refractivity contribution in [2.75, 3.05) is 25.1 Å².